The predicted octanol–water partition coefficient (Wildman–Crippen LogP) is 3.13. The molecule has 0 saturated heterocycles. The molecule has 5 nitrogen and oxygen atoms in total. The van der Waals surface area contributed by atoms with Crippen molar-refractivity contribution < 1.29 is 13.6 Å². The third kappa shape index (κ3) is 2.94. The first-order chi connectivity index (χ1) is 10.2. The van der Waals surface area contributed by atoms with Gasteiger partial charge in [0, 0.05) is 17.3 Å². The smallest absolute Gasteiger partial charge is 0.256 e. The summed E-state index contributed by atoms with van der Waals surface area (Å²) in [5.74, 6) is -0.144. The summed E-state index contributed by atoms with van der Waals surface area (Å²) in [6.45, 7) is 0. The van der Waals surface area contributed by atoms with Crippen LogP contribution in [-0.2, 0) is 0 Å². The lowest BCUT2D eigenvalue weighted by Gasteiger charge is -2.05. The minimum absolute atomic E-state index is 0.221. The topological polar surface area (TPSA) is 68.0 Å². The summed E-state index contributed by atoms with van der Waals surface area (Å²) in [5.41, 5.74) is 0.905. The van der Waals surface area contributed by atoms with Crippen molar-refractivity contribution in [1.29, 1.82) is 0 Å². The lowest BCUT2D eigenvalue weighted by Crippen LogP contribution is -2.13. The highest BCUT2D eigenvalue weighted by Gasteiger charge is 2.09. The van der Waals surface area contributed by atoms with E-state index >= 15 is 0 Å². The van der Waals surface area contributed by atoms with E-state index in [9.17, 15) is 9.18 Å². The first kappa shape index (κ1) is 13.0. The average Bonchev–Trinajstić information content (AvgIpc) is 3.02. The zero-order chi connectivity index (χ0) is 14.7. The van der Waals surface area contributed by atoms with Gasteiger partial charge in [0.05, 0.1) is 6.20 Å². The molecule has 0 aliphatic carbocycles. The van der Waals surface area contributed by atoms with Crippen LogP contribution in [0.15, 0.2) is 59.5 Å². The Kier molecular flexibility index (Phi) is 3.42. The van der Waals surface area contributed by atoms with Crippen molar-refractivity contribution >= 4 is 11.7 Å². The first-order valence-electron chi connectivity index (χ1n) is 6.15. The number of halogens is 1. The third-order valence-electron chi connectivity index (χ3n) is 2.77. The lowest BCUT2D eigenvalue weighted by molar-refractivity contribution is 0.102. The minimum atomic E-state index is -0.468. The highest BCUT2D eigenvalue weighted by molar-refractivity contribution is 6.03. The number of hydrogen-bond donors (Lipinski definition) is 1. The summed E-state index contributed by atoms with van der Waals surface area (Å²) in [7, 11) is 0. The fourth-order valence-electron chi connectivity index (χ4n) is 1.82. The number of nitrogens with one attached hydrogen (secondary N) is 1. The Bertz CT molecular complexity index is 772. The van der Waals surface area contributed by atoms with Crippen molar-refractivity contribution in [2.24, 2.45) is 0 Å². The van der Waals surface area contributed by atoms with Crippen LogP contribution in [0.3, 0.4) is 0 Å². The van der Waals surface area contributed by atoms with E-state index in [1.165, 1.54) is 36.9 Å². The number of benzene rings is 1. The number of carbonyl (C=O) groups excluding carboxylic acids is 1. The van der Waals surface area contributed by atoms with Crippen molar-refractivity contribution in [1.82, 2.24) is 9.97 Å². The summed E-state index contributed by atoms with van der Waals surface area (Å²) in [4.78, 5) is 20.1. The molecule has 0 fully saturated rings. The average molecular weight is 283 g/mol. The quantitative estimate of drug-likeness (QED) is 0.801. The number of anilines is 1. The Hall–Kier alpha value is -3.02. The van der Waals surface area contributed by atoms with Crippen LogP contribution in [0.5, 0.6) is 0 Å². The summed E-state index contributed by atoms with van der Waals surface area (Å²) in [6.07, 6.45) is 4.52. The molecule has 2 heterocycles. The Labute approximate surface area is 119 Å². The molecule has 0 bridgehead atoms. The van der Waals surface area contributed by atoms with Gasteiger partial charge in [0.15, 0.2) is 0 Å². The van der Waals surface area contributed by atoms with E-state index in [0.717, 1.165) is 6.07 Å². The number of rotatable bonds is 3. The van der Waals surface area contributed by atoms with Crippen LogP contribution in [0.4, 0.5) is 10.2 Å². The Balaban J connectivity index is 1.82. The van der Waals surface area contributed by atoms with E-state index in [0.29, 0.717) is 17.3 Å². The van der Waals surface area contributed by atoms with E-state index < -0.39 is 11.7 Å². The maximum Gasteiger partial charge on any atom is 0.256 e. The molecule has 0 saturated carbocycles. The van der Waals surface area contributed by atoms with E-state index in [2.05, 4.69) is 15.3 Å². The molecule has 2 aromatic heterocycles. The molecule has 6 heteroatoms. The number of nitrogens with zero attached hydrogens (tertiary/aromatic N) is 2. The highest BCUT2D eigenvalue weighted by Crippen LogP contribution is 2.19. The molecule has 0 atom stereocenters. The minimum Gasteiger partial charge on any atom is -0.445 e. The lowest BCUT2D eigenvalue weighted by atomic mass is 10.2. The van der Waals surface area contributed by atoms with Crippen molar-refractivity contribution in [2.75, 3.05) is 5.32 Å². The van der Waals surface area contributed by atoms with Crippen LogP contribution in [0.25, 0.3) is 11.5 Å². The van der Waals surface area contributed by atoms with Crippen LogP contribution in [0.1, 0.15) is 10.4 Å². The van der Waals surface area contributed by atoms with Crippen LogP contribution in [-0.4, -0.2) is 15.9 Å². The van der Waals surface area contributed by atoms with Gasteiger partial charge in [0.2, 0.25) is 5.89 Å². The van der Waals surface area contributed by atoms with Crippen molar-refractivity contribution in [3.05, 3.63) is 66.4 Å². The molecular formula is C15H10FN3O2. The van der Waals surface area contributed by atoms with Crippen molar-refractivity contribution in [2.45, 2.75) is 0 Å². The van der Waals surface area contributed by atoms with Gasteiger partial charge in [-0.05, 0) is 30.3 Å². The molecule has 0 spiro atoms. The standard InChI is InChI=1S/C15H10FN3O2/c16-12-3-1-2-10(8-12)14(20)19-13-9-11(4-5-17-13)15-18-6-7-21-15/h1-9H,(H,17,19,20). The highest BCUT2D eigenvalue weighted by atomic mass is 19.1. The predicted molar refractivity (Wildman–Crippen MR) is 74.1 cm³/mol. The normalized spacial score (nSPS) is 10.3. The van der Waals surface area contributed by atoms with Gasteiger partial charge in [-0.15, -0.1) is 0 Å². The molecule has 0 aliphatic rings. The summed E-state index contributed by atoms with van der Waals surface area (Å²) < 4.78 is 18.3. The zero-order valence-corrected chi connectivity index (χ0v) is 10.8. The Morgan fingerprint density at radius 2 is 2.05 bits per heavy atom. The number of aromatic nitrogens is 2. The fraction of sp³-hybridized carbons (Fsp3) is 0. The maximum atomic E-state index is 13.1. The maximum absolute atomic E-state index is 13.1. The largest absolute Gasteiger partial charge is 0.445 e. The zero-order valence-electron chi connectivity index (χ0n) is 10.8. The van der Waals surface area contributed by atoms with Gasteiger partial charge in [0.1, 0.15) is 17.9 Å². The van der Waals surface area contributed by atoms with Crippen molar-refractivity contribution in [3.63, 3.8) is 0 Å². The fourth-order valence-corrected chi connectivity index (χ4v) is 1.82. The second-order valence-corrected chi connectivity index (χ2v) is 4.23. The second-order valence-electron chi connectivity index (χ2n) is 4.23. The molecule has 0 radical (unpaired) electrons. The summed E-state index contributed by atoms with van der Waals surface area (Å²) in [6, 6.07) is 8.77. The van der Waals surface area contributed by atoms with Crippen molar-refractivity contribution in [3.8, 4) is 11.5 Å². The molecule has 0 aliphatic heterocycles. The summed E-state index contributed by atoms with van der Waals surface area (Å²) >= 11 is 0. The van der Waals surface area contributed by atoms with Gasteiger partial charge in [-0.25, -0.2) is 14.4 Å². The first-order valence-corrected chi connectivity index (χ1v) is 6.15. The number of oxazole rings is 1. The van der Waals surface area contributed by atoms with E-state index in [1.54, 1.807) is 12.1 Å². The van der Waals surface area contributed by atoms with Crippen LogP contribution >= 0.6 is 0 Å². The molecule has 21 heavy (non-hydrogen) atoms. The monoisotopic (exact) mass is 283 g/mol. The van der Waals surface area contributed by atoms with Crippen LogP contribution in [0.2, 0.25) is 0 Å². The third-order valence-corrected chi connectivity index (χ3v) is 2.77. The Morgan fingerprint density at radius 3 is 2.81 bits per heavy atom. The molecule has 1 aromatic carbocycles. The van der Waals surface area contributed by atoms with Crippen LogP contribution in [0, 0.1) is 5.82 Å². The molecule has 0 unspecified atom stereocenters. The van der Waals surface area contributed by atoms with E-state index in [4.69, 9.17) is 4.42 Å². The van der Waals surface area contributed by atoms with Gasteiger partial charge in [-0.3, -0.25) is 4.79 Å². The Morgan fingerprint density at radius 1 is 1.14 bits per heavy atom. The number of carbonyl (C=O) groups is 1. The number of hydrogen-bond acceptors (Lipinski definition) is 4. The van der Waals surface area contributed by atoms with Gasteiger partial charge in [-0.1, -0.05) is 6.07 Å². The van der Waals surface area contributed by atoms with E-state index in [-0.39, 0.29) is 5.56 Å². The number of amides is 1. The summed E-state index contributed by atoms with van der Waals surface area (Å²) in [5, 5.41) is 2.60. The SMILES string of the molecule is O=C(Nc1cc(-c2ncco2)ccn1)c1cccc(F)c1. The van der Waals surface area contributed by atoms with Crippen LogP contribution < -0.4 is 5.32 Å². The molecule has 1 N–H and O–H groups in total. The van der Waals surface area contributed by atoms with E-state index in [1.807, 2.05) is 0 Å². The molecule has 3 aromatic rings. The molecule has 104 valence electrons. The molecular weight excluding hydrogens is 273 g/mol. The van der Waals surface area contributed by atoms with Gasteiger partial charge < -0.3 is 9.73 Å². The molecule has 3 rings (SSSR count). The molecule has 1 amide bonds. The van der Waals surface area contributed by atoms with Gasteiger partial charge in [0.25, 0.3) is 5.91 Å². The second kappa shape index (κ2) is 5.54. The van der Waals surface area contributed by atoms with Gasteiger partial charge in [-0.2, -0.15) is 0 Å². The number of pyridine rings is 1. The van der Waals surface area contributed by atoms with Gasteiger partial charge >= 0.3 is 0 Å².